The highest BCUT2D eigenvalue weighted by Crippen LogP contribution is 2.51. The van der Waals surface area contributed by atoms with Gasteiger partial charge in [-0.05, 0) is 24.7 Å². The Morgan fingerprint density at radius 1 is 1.00 bits per heavy atom. The van der Waals surface area contributed by atoms with Crippen LogP contribution >= 0.6 is 12.2 Å². The highest BCUT2D eigenvalue weighted by Gasteiger charge is 2.57. The van der Waals surface area contributed by atoms with Crippen molar-refractivity contribution in [3.8, 4) is 24.3 Å². The minimum Gasteiger partial charge on any atom is -0.199 e. The van der Waals surface area contributed by atoms with Crippen LogP contribution in [0.3, 0.4) is 0 Å². The first kappa shape index (κ1) is 13.6. The third-order valence-corrected chi connectivity index (χ3v) is 3.22. The summed E-state index contributed by atoms with van der Waals surface area (Å²) >= 11 is 4.50. The van der Waals surface area contributed by atoms with E-state index in [1.807, 2.05) is 12.1 Å². The lowest BCUT2D eigenvalue weighted by molar-refractivity contribution is 0.272. The van der Waals surface area contributed by atoms with E-state index in [-0.39, 0.29) is 12.8 Å². The molecule has 0 aromatic heterocycles. The molecule has 0 unspecified atom stereocenters. The minimum atomic E-state index is -1.72. The first-order chi connectivity index (χ1) is 8.54. The Balaban J connectivity index is 3.58. The van der Waals surface area contributed by atoms with Crippen LogP contribution in [0.2, 0.25) is 0 Å². The second-order valence-electron chi connectivity index (χ2n) is 4.04. The number of isothiocyanates is 1. The van der Waals surface area contributed by atoms with Gasteiger partial charge in [-0.3, -0.25) is 0 Å². The number of thiocarbonyl (C=S) groups is 1. The summed E-state index contributed by atoms with van der Waals surface area (Å²) in [6, 6.07) is 7.26. The van der Waals surface area contributed by atoms with Crippen LogP contribution in [0.4, 0.5) is 0 Å². The number of aliphatic imine (C=N–C) groups is 1. The zero-order chi connectivity index (χ0) is 13.8. The largest absolute Gasteiger partial charge is 0.199 e. The Labute approximate surface area is 110 Å². The van der Waals surface area contributed by atoms with Crippen molar-refractivity contribution in [1.82, 2.24) is 0 Å². The van der Waals surface area contributed by atoms with Gasteiger partial charge in [0, 0.05) is 12.8 Å². The third-order valence-electron chi connectivity index (χ3n) is 3.13. The summed E-state index contributed by atoms with van der Waals surface area (Å²) in [6.45, 7) is 1.70. The smallest absolute Gasteiger partial charge is 0.181 e. The van der Waals surface area contributed by atoms with Gasteiger partial charge < -0.3 is 0 Å². The lowest BCUT2D eigenvalue weighted by Crippen LogP contribution is -2.41. The number of hydrogen-bond acceptors (Lipinski definition) is 6. The number of nitrogens with zero attached hydrogens (tertiary/aromatic N) is 5. The summed E-state index contributed by atoms with van der Waals surface area (Å²) < 4.78 is 0. The second-order valence-corrected chi connectivity index (χ2v) is 4.22. The topological polar surface area (TPSA) is 108 Å². The van der Waals surface area contributed by atoms with Crippen LogP contribution in [0.15, 0.2) is 16.3 Å². The van der Waals surface area contributed by atoms with Gasteiger partial charge in [0.1, 0.15) is 0 Å². The Kier molecular flexibility index (Phi) is 3.61. The summed E-state index contributed by atoms with van der Waals surface area (Å²) in [6.07, 6.45) is -0.0758. The van der Waals surface area contributed by atoms with Crippen molar-refractivity contribution in [2.24, 2.45) is 15.8 Å². The van der Waals surface area contributed by atoms with Crippen LogP contribution in [0.25, 0.3) is 0 Å². The summed E-state index contributed by atoms with van der Waals surface area (Å²) in [5, 5.41) is 39.1. The monoisotopic (exact) mass is 253 g/mol. The Morgan fingerprint density at radius 2 is 1.44 bits per heavy atom. The lowest BCUT2D eigenvalue weighted by atomic mass is 9.58. The standard InChI is InChI=1S/C12H7N5S/c1-9-2-11(4-13,5-14)12(6-15,7-16)3-10(9)17-8-18/h2-3H2,1H3. The van der Waals surface area contributed by atoms with Gasteiger partial charge in [0.2, 0.25) is 0 Å². The van der Waals surface area contributed by atoms with Crippen molar-refractivity contribution in [2.75, 3.05) is 0 Å². The van der Waals surface area contributed by atoms with E-state index >= 15 is 0 Å². The molecule has 0 saturated heterocycles. The Bertz CT molecular complexity index is 597. The fraction of sp³-hybridized carbons (Fsp3) is 0.417. The molecule has 0 aromatic rings. The van der Waals surface area contributed by atoms with Crippen molar-refractivity contribution in [3.63, 3.8) is 0 Å². The van der Waals surface area contributed by atoms with Gasteiger partial charge in [0.15, 0.2) is 10.8 Å². The van der Waals surface area contributed by atoms with E-state index in [1.165, 1.54) is 0 Å². The number of allylic oxidation sites excluding steroid dienone is 2. The number of rotatable bonds is 1. The molecule has 0 bridgehead atoms. The predicted molar refractivity (Wildman–Crippen MR) is 64.3 cm³/mol. The molecule has 18 heavy (non-hydrogen) atoms. The molecule has 5 nitrogen and oxygen atoms in total. The Morgan fingerprint density at radius 3 is 1.83 bits per heavy atom. The predicted octanol–water partition coefficient (Wildman–Crippen LogP) is 2.22. The van der Waals surface area contributed by atoms with Crippen LogP contribution in [0, 0.1) is 56.2 Å². The maximum atomic E-state index is 9.23. The van der Waals surface area contributed by atoms with Crippen LogP contribution in [0.5, 0.6) is 0 Å². The van der Waals surface area contributed by atoms with Gasteiger partial charge >= 0.3 is 0 Å². The van der Waals surface area contributed by atoms with Gasteiger partial charge in [-0.15, -0.1) is 0 Å². The van der Waals surface area contributed by atoms with Crippen molar-refractivity contribution in [3.05, 3.63) is 11.3 Å². The van der Waals surface area contributed by atoms with E-state index in [4.69, 9.17) is 0 Å². The molecule has 86 valence electrons. The molecule has 6 heteroatoms. The summed E-state index contributed by atoms with van der Waals surface area (Å²) in [4.78, 5) is 3.81. The molecule has 0 N–H and O–H groups in total. The van der Waals surface area contributed by atoms with Gasteiger partial charge in [-0.2, -0.15) is 26.0 Å². The minimum absolute atomic E-state index is 0.0109. The van der Waals surface area contributed by atoms with Crippen LogP contribution < -0.4 is 0 Å². The molecule has 1 aliphatic carbocycles. The zero-order valence-corrected chi connectivity index (χ0v) is 10.4. The van der Waals surface area contributed by atoms with Crippen molar-refractivity contribution in [1.29, 1.82) is 21.0 Å². The summed E-state index contributed by atoms with van der Waals surface area (Å²) in [5.74, 6) is 0. The van der Waals surface area contributed by atoms with E-state index in [0.29, 0.717) is 11.3 Å². The first-order valence-corrected chi connectivity index (χ1v) is 5.37. The van der Waals surface area contributed by atoms with E-state index in [2.05, 4.69) is 22.4 Å². The molecule has 0 fully saturated rings. The van der Waals surface area contributed by atoms with Gasteiger partial charge in [-0.1, -0.05) is 0 Å². The molecule has 0 atom stereocenters. The zero-order valence-electron chi connectivity index (χ0n) is 9.56. The van der Waals surface area contributed by atoms with Crippen molar-refractivity contribution < 1.29 is 0 Å². The fourth-order valence-electron chi connectivity index (χ4n) is 1.98. The Hall–Kier alpha value is -2.50. The van der Waals surface area contributed by atoms with Crippen molar-refractivity contribution >= 4 is 17.4 Å². The molecule has 1 aliphatic rings. The van der Waals surface area contributed by atoms with E-state index in [9.17, 15) is 21.0 Å². The maximum Gasteiger partial charge on any atom is 0.181 e. The third kappa shape index (κ3) is 1.67. The van der Waals surface area contributed by atoms with Gasteiger partial charge in [-0.25, -0.2) is 0 Å². The van der Waals surface area contributed by atoms with Crippen LogP contribution in [-0.4, -0.2) is 5.16 Å². The molecular formula is C12H7N5S. The van der Waals surface area contributed by atoms with E-state index < -0.39 is 10.8 Å². The van der Waals surface area contributed by atoms with Crippen LogP contribution in [0.1, 0.15) is 19.8 Å². The van der Waals surface area contributed by atoms with E-state index in [1.54, 1.807) is 19.1 Å². The van der Waals surface area contributed by atoms with E-state index in [0.717, 1.165) is 0 Å². The van der Waals surface area contributed by atoms with Gasteiger partial charge in [0.25, 0.3) is 0 Å². The second kappa shape index (κ2) is 4.79. The summed E-state index contributed by atoms with van der Waals surface area (Å²) in [7, 11) is 0. The first-order valence-electron chi connectivity index (χ1n) is 4.96. The molecule has 1 rings (SSSR count). The molecule has 0 aliphatic heterocycles. The number of hydrogen-bond donors (Lipinski definition) is 0. The molecule has 0 spiro atoms. The quantitative estimate of drug-likeness (QED) is 0.526. The average Bonchev–Trinajstić information content (AvgIpc) is 2.41. The normalized spacial score (nSPS) is 19.4. The molecular weight excluding hydrogens is 246 g/mol. The molecule has 0 heterocycles. The maximum absolute atomic E-state index is 9.23. The van der Waals surface area contributed by atoms with Crippen LogP contribution in [-0.2, 0) is 0 Å². The molecule has 0 amide bonds. The molecule has 0 aromatic carbocycles. The van der Waals surface area contributed by atoms with Gasteiger partial charge in [0.05, 0.1) is 35.1 Å². The number of nitriles is 4. The molecule has 0 radical (unpaired) electrons. The van der Waals surface area contributed by atoms with Crippen molar-refractivity contribution in [2.45, 2.75) is 19.8 Å². The highest BCUT2D eigenvalue weighted by atomic mass is 32.1. The molecule has 0 saturated carbocycles. The summed E-state index contributed by atoms with van der Waals surface area (Å²) in [5.41, 5.74) is -2.26. The fourth-order valence-corrected chi connectivity index (χ4v) is 2.09. The average molecular weight is 253 g/mol. The SMILES string of the molecule is CC1=C(N=C=S)CC(C#N)(C#N)C(C#N)(C#N)C1. The lowest BCUT2D eigenvalue weighted by Gasteiger charge is -2.35. The highest BCUT2D eigenvalue weighted by molar-refractivity contribution is 7.78.